The molecule has 0 saturated heterocycles. The average molecular weight is 555 g/mol. The third-order valence-corrected chi connectivity index (χ3v) is 6.13. The molecule has 3 aromatic rings. The number of esters is 2. The monoisotopic (exact) mass is 554 g/mol. The molecule has 2 unspecified atom stereocenters. The van der Waals surface area contributed by atoms with Crippen LogP contribution in [0.4, 0.5) is 0 Å². The lowest BCUT2D eigenvalue weighted by Crippen LogP contribution is -2.29. The van der Waals surface area contributed by atoms with E-state index in [0.717, 1.165) is 45.5 Å². The lowest BCUT2D eigenvalue weighted by Gasteiger charge is -2.23. The molecular formula is C32H42O8. The Labute approximate surface area is 236 Å². The van der Waals surface area contributed by atoms with E-state index in [2.05, 4.69) is 12.1 Å². The van der Waals surface area contributed by atoms with E-state index in [-0.39, 0.29) is 38.4 Å². The molecular weight excluding hydrogens is 512 g/mol. The number of carbonyl (C=O) groups excluding carboxylic acids is 2. The van der Waals surface area contributed by atoms with Crippen molar-refractivity contribution in [3.8, 4) is 11.5 Å². The van der Waals surface area contributed by atoms with Crippen LogP contribution in [0.5, 0.6) is 11.5 Å². The number of hydrogen-bond acceptors (Lipinski definition) is 8. The number of rotatable bonds is 16. The molecule has 2 atom stereocenters. The molecule has 0 spiro atoms. The number of fused-ring (bicyclic) bond motifs is 2. The summed E-state index contributed by atoms with van der Waals surface area (Å²) in [6, 6.07) is 12.2. The highest BCUT2D eigenvalue weighted by atomic mass is 16.6. The van der Waals surface area contributed by atoms with Crippen LogP contribution < -0.4 is 9.47 Å². The molecule has 0 aliphatic carbocycles. The van der Waals surface area contributed by atoms with Gasteiger partial charge in [-0.05, 0) is 38.8 Å². The van der Waals surface area contributed by atoms with Crippen molar-refractivity contribution < 1.29 is 38.0 Å². The van der Waals surface area contributed by atoms with Gasteiger partial charge in [0, 0.05) is 48.6 Å². The van der Waals surface area contributed by atoms with Gasteiger partial charge in [-0.3, -0.25) is 9.59 Å². The van der Waals surface area contributed by atoms with E-state index in [1.165, 1.54) is 13.8 Å². The summed E-state index contributed by atoms with van der Waals surface area (Å²) in [5.74, 6) is 0.584. The van der Waals surface area contributed by atoms with E-state index in [4.69, 9.17) is 28.4 Å². The van der Waals surface area contributed by atoms with Gasteiger partial charge < -0.3 is 28.4 Å². The number of carbonyl (C=O) groups is 2. The Bertz CT molecular complexity index is 1190. The van der Waals surface area contributed by atoms with Crippen molar-refractivity contribution in [2.45, 2.75) is 66.6 Å². The second-order valence-electron chi connectivity index (χ2n) is 9.99. The molecule has 40 heavy (non-hydrogen) atoms. The van der Waals surface area contributed by atoms with Crippen molar-refractivity contribution in [2.75, 3.05) is 39.6 Å². The summed E-state index contributed by atoms with van der Waals surface area (Å²) < 4.78 is 35.1. The minimum atomic E-state index is -0.548. The fourth-order valence-electron chi connectivity index (χ4n) is 4.46. The van der Waals surface area contributed by atoms with Crippen molar-refractivity contribution in [1.82, 2.24) is 0 Å². The molecule has 0 aliphatic rings. The zero-order valence-electron chi connectivity index (χ0n) is 24.5. The molecule has 8 nitrogen and oxygen atoms in total. The highest BCUT2D eigenvalue weighted by Crippen LogP contribution is 2.43. The third-order valence-electron chi connectivity index (χ3n) is 6.13. The van der Waals surface area contributed by atoms with E-state index < -0.39 is 12.2 Å². The number of ether oxygens (including phenoxy) is 6. The predicted molar refractivity (Wildman–Crippen MR) is 155 cm³/mol. The molecule has 0 fully saturated rings. The molecule has 0 aromatic heterocycles. The van der Waals surface area contributed by atoms with Crippen LogP contribution in [0.25, 0.3) is 21.5 Å². The lowest BCUT2D eigenvalue weighted by molar-refractivity contribution is -0.152. The fourth-order valence-corrected chi connectivity index (χ4v) is 4.46. The van der Waals surface area contributed by atoms with Crippen molar-refractivity contribution >= 4 is 33.5 Å². The summed E-state index contributed by atoms with van der Waals surface area (Å²) in [5.41, 5.74) is 2.12. The Balaban J connectivity index is 2.02. The smallest absolute Gasteiger partial charge is 0.303 e. The van der Waals surface area contributed by atoms with E-state index in [1.54, 1.807) is 0 Å². The van der Waals surface area contributed by atoms with Crippen LogP contribution in [0.3, 0.4) is 0 Å². The molecule has 3 aromatic carbocycles. The van der Waals surface area contributed by atoms with Gasteiger partial charge in [0.15, 0.2) is 12.2 Å². The molecule has 0 saturated carbocycles. The van der Waals surface area contributed by atoms with Crippen molar-refractivity contribution in [3.05, 3.63) is 47.5 Å². The first-order valence-corrected chi connectivity index (χ1v) is 14.0. The Morgan fingerprint density at radius 1 is 0.625 bits per heavy atom. The Morgan fingerprint density at radius 2 is 1.02 bits per heavy atom. The Kier molecular flexibility index (Phi) is 12.0. The maximum absolute atomic E-state index is 11.7. The summed E-state index contributed by atoms with van der Waals surface area (Å²) in [6.07, 6.45) is 0.638. The van der Waals surface area contributed by atoms with Gasteiger partial charge in [0.25, 0.3) is 0 Å². The van der Waals surface area contributed by atoms with Crippen LogP contribution in [0.2, 0.25) is 0 Å². The lowest BCUT2D eigenvalue weighted by atomic mass is 9.97. The van der Waals surface area contributed by atoms with Gasteiger partial charge in [0.2, 0.25) is 0 Å². The SMILES string of the molecule is CCCOCC(COc1c2ccc(C)cc2c(OCC(COCCC)OC(C)=O)c2ccc(C)cc12)OC(C)=O. The summed E-state index contributed by atoms with van der Waals surface area (Å²) >= 11 is 0. The van der Waals surface area contributed by atoms with Gasteiger partial charge in [-0.1, -0.05) is 49.2 Å². The summed E-state index contributed by atoms with van der Waals surface area (Å²) in [6.45, 7) is 12.8. The summed E-state index contributed by atoms with van der Waals surface area (Å²) in [4.78, 5) is 23.5. The van der Waals surface area contributed by atoms with Crippen molar-refractivity contribution in [2.24, 2.45) is 0 Å². The zero-order valence-corrected chi connectivity index (χ0v) is 24.5. The highest BCUT2D eigenvalue weighted by molar-refractivity contribution is 6.11. The quantitative estimate of drug-likeness (QED) is 0.120. The van der Waals surface area contributed by atoms with Crippen LogP contribution in [0.1, 0.15) is 51.7 Å². The van der Waals surface area contributed by atoms with Crippen LogP contribution in [0.15, 0.2) is 36.4 Å². The maximum atomic E-state index is 11.7. The highest BCUT2D eigenvalue weighted by Gasteiger charge is 2.21. The standard InChI is InChI=1S/C32H42O8/c1-7-13-35-17-25(39-23(5)33)19-37-31-27-11-9-22(4)16-30(27)32(28-12-10-21(3)15-29(28)31)38-20-26(40-24(6)34)18-36-14-8-2/h9-12,15-16,25-26H,7-8,13-14,17-20H2,1-6H3. The topological polar surface area (TPSA) is 89.5 Å². The van der Waals surface area contributed by atoms with Gasteiger partial charge in [-0.2, -0.15) is 0 Å². The first-order chi connectivity index (χ1) is 19.2. The van der Waals surface area contributed by atoms with E-state index in [9.17, 15) is 9.59 Å². The first kappa shape index (κ1) is 31.2. The van der Waals surface area contributed by atoms with Gasteiger partial charge in [0.05, 0.1) is 13.2 Å². The first-order valence-electron chi connectivity index (χ1n) is 14.0. The van der Waals surface area contributed by atoms with Crippen molar-refractivity contribution in [3.63, 3.8) is 0 Å². The van der Waals surface area contributed by atoms with Crippen molar-refractivity contribution in [1.29, 1.82) is 0 Å². The zero-order chi connectivity index (χ0) is 29.1. The predicted octanol–water partition coefficient (Wildman–Crippen LogP) is 6.08. The van der Waals surface area contributed by atoms with Gasteiger partial charge >= 0.3 is 11.9 Å². The van der Waals surface area contributed by atoms with Crippen LogP contribution in [-0.2, 0) is 28.5 Å². The van der Waals surface area contributed by atoms with Crippen LogP contribution in [0, 0.1) is 13.8 Å². The van der Waals surface area contributed by atoms with Crippen LogP contribution in [-0.4, -0.2) is 63.8 Å². The Morgan fingerprint density at radius 3 is 1.38 bits per heavy atom. The average Bonchev–Trinajstić information content (AvgIpc) is 2.89. The van der Waals surface area contributed by atoms with Gasteiger partial charge in [-0.15, -0.1) is 0 Å². The molecule has 0 amide bonds. The van der Waals surface area contributed by atoms with E-state index >= 15 is 0 Å². The minimum absolute atomic E-state index is 0.138. The van der Waals surface area contributed by atoms with Crippen LogP contribution >= 0.6 is 0 Å². The van der Waals surface area contributed by atoms with Gasteiger partial charge in [-0.25, -0.2) is 0 Å². The number of aryl methyl sites for hydroxylation is 2. The molecule has 0 radical (unpaired) electrons. The second-order valence-corrected chi connectivity index (χ2v) is 9.99. The molecule has 218 valence electrons. The molecule has 0 aliphatic heterocycles. The Hall–Kier alpha value is -3.36. The van der Waals surface area contributed by atoms with E-state index in [1.807, 2.05) is 52.0 Å². The molecule has 0 bridgehead atoms. The number of hydrogen-bond donors (Lipinski definition) is 0. The van der Waals surface area contributed by atoms with Gasteiger partial charge in [0.1, 0.15) is 24.7 Å². The normalized spacial score (nSPS) is 12.8. The number of benzene rings is 3. The molecule has 3 rings (SSSR count). The minimum Gasteiger partial charge on any atom is -0.488 e. The molecule has 0 N–H and O–H groups in total. The maximum Gasteiger partial charge on any atom is 0.303 e. The molecule has 0 heterocycles. The molecule has 8 heteroatoms. The van der Waals surface area contributed by atoms with E-state index in [0.29, 0.717) is 24.7 Å². The largest absolute Gasteiger partial charge is 0.488 e. The summed E-state index contributed by atoms with van der Waals surface area (Å²) in [5, 5.41) is 3.46. The third kappa shape index (κ3) is 8.83. The summed E-state index contributed by atoms with van der Waals surface area (Å²) in [7, 11) is 0. The second kappa shape index (κ2) is 15.4. The fraction of sp³-hybridized carbons (Fsp3) is 0.500.